The molecule has 0 bridgehead atoms. The molecule has 2 heterocycles. The first-order chi connectivity index (χ1) is 11.8. The Bertz CT molecular complexity index is 529. The van der Waals surface area contributed by atoms with E-state index in [-0.39, 0.29) is 5.91 Å². The Balaban J connectivity index is 1.49. The topological polar surface area (TPSA) is 53.6 Å². The number of carbonyl (C=O) groups excluding carboxylic acids is 1. The van der Waals surface area contributed by atoms with Crippen molar-refractivity contribution in [2.75, 3.05) is 44.4 Å². The number of benzene rings is 1. The molecular weight excluding hydrogens is 322 g/mol. The molecule has 2 fully saturated rings. The van der Waals surface area contributed by atoms with Gasteiger partial charge < -0.3 is 15.4 Å². The van der Waals surface area contributed by atoms with E-state index < -0.39 is 0 Å². The van der Waals surface area contributed by atoms with Crippen LogP contribution in [0.4, 0.5) is 0 Å². The minimum Gasteiger partial charge on any atom is -0.379 e. The van der Waals surface area contributed by atoms with Gasteiger partial charge in [0.15, 0.2) is 0 Å². The average Bonchev–Trinajstić information content (AvgIpc) is 2.63. The summed E-state index contributed by atoms with van der Waals surface area (Å²) in [6, 6.07) is 8.71. The van der Waals surface area contributed by atoms with Crippen molar-refractivity contribution in [2.24, 2.45) is 0 Å². The molecule has 2 aliphatic rings. The monoisotopic (exact) mass is 349 g/mol. The molecule has 2 aliphatic heterocycles. The highest BCUT2D eigenvalue weighted by atomic mass is 32.2. The summed E-state index contributed by atoms with van der Waals surface area (Å²) in [5, 5.41) is 6.51. The Hall–Kier alpha value is -1.08. The van der Waals surface area contributed by atoms with Gasteiger partial charge in [-0.2, -0.15) is 11.8 Å². The van der Waals surface area contributed by atoms with Crippen LogP contribution in [0, 0.1) is 0 Å². The molecule has 5 nitrogen and oxygen atoms in total. The fourth-order valence-electron chi connectivity index (χ4n) is 3.12. The molecule has 1 amide bonds. The van der Waals surface area contributed by atoms with Crippen LogP contribution in [0.1, 0.15) is 17.5 Å². The summed E-state index contributed by atoms with van der Waals surface area (Å²) in [6.45, 7) is 6.12. The Morgan fingerprint density at radius 3 is 2.83 bits per heavy atom. The standard InChI is InChI=1S/C18H27N3O2S/c22-18(11-17-14-24-10-5-19-17)20-12-15-3-1-2-4-16(15)13-21-6-8-23-9-7-21/h1-4,17,19H,5-14H2,(H,20,22). The molecular formula is C18H27N3O2S. The van der Waals surface area contributed by atoms with E-state index in [1.54, 1.807) is 0 Å². The summed E-state index contributed by atoms with van der Waals surface area (Å²) in [7, 11) is 0. The van der Waals surface area contributed by atoms with Crippen LogP contribution in [-0.4, -0.2) is 61.2 Å². The predicted molar refractivity (Wildman–Crippen MR) is 98.1 cm³/mol. The smallest absolute Gasteiger partial charge is 0.221 e. The lowest BCUT2D eigenvalue weighted by molar-refractivity contribution is -0.121. The van der Waals surface area contributed by atoms with Crippen molar-refractivity contribution in [2.45, 2.75) is 25.6 Å². The van der Waals surface area contributed by atoms with Gasteiger partial charge in [-0.15, -0.1) is 0 Å². The molecule has 0 radical (unpaired) electrons. The highest BCUT2D eigenvalue weighted by Crippen LogP contribution is 2.14. The van der Waals surface area contributed by atoms with Crippen LogP contribution in [0.5, 0.6) is 0 Å². The van der Waals surface area contributed by atoms with Gasteiger partial charge in [-0.3, -0.25) is 9.69 Å². The van der Waals surface area contributed by atoms with Gasteiger partial charge >= 0.3 is 0 Å². The molecule has 1 aromatic rings. The van der Waals surface area contributed by atoms with Crippen LogP contribution in [0.2, 0.25) is 0 Å². The van der Waals surface area contributed by atoms with Crippen molar-refractivity contribution < 1.29 is 9.53 Å². The van der Waals surface area contributed by atoms with E-state index in [0.29, 0.717) is 19.0 Å². The lowest BCUT2D eigenvalue weighted by atomic mass is 10.1. The summed E-state index contributed by atoms with van der Waals surface area (Å²) in [5.74, 6) is 2.31. The lowest BCUT2D eigenvalue weighted by Gasteiger charge is -2.27. The van der Waals surface area contributed by atoms with Gasteiger partial charge in [0.25, 0.3) is 0 Å². The van der Waals surface area contributed by atoms with Gasteiger partial charge in [0.05, 0.1) is 13.2 Å². The number of nitrogens with one attached hydrogen (secondary N) is 2. The first-order valence-corrected chi connectivity index (χ1v) is 9.91. The minimum absolute atomic E-state index is 0.135. The van der Waals surface area contributed by atoms with Gasteiger partial charge in [-0.1, -0.05) is 24.3 Å². The third-order valence-electron chi connectivity index (χ3n) is 4.52. The number of ether oxygens (including phenoxy) is 1. The minimum atomic E-state index is 0.135. The second-order valence-corrected chi connectivity index (χ2v) is 7.51. The summed E-state index contributed by atoms with van der Waals surface area (Å²) >= 11 is 1.92. The number of rotatable bonds is 6. The molecule has 0 spiro atoms. The molecule has 1 aromatic carbocycles. The molecule has 6 heteroatoms. The molecule has 2 saturated heterocycles. The number of hydrogen-bond acceptors (Lipinski definition) is 5. The van der Waals surface area contributed by atoms with Crippen molar-refractivity contribution in [3.63, 3.8) is 0 Å². The van der Waals surface area contributed by atoms with Crippen molar-refractivity contribution in [3.8, 4) is 0 Å². The second-order valence-electron chi connectivity index (χ2n) is 6.36. The zero-order valence-corrected chi connectivity index (χ0v) is 14.9. The van der Waals surface area contributed by atoms with E-state index >= 15 is 0 Å². The van der Waals surface area contributed by atoms with E-state index in [4.69, 9.17) is 4.74 Å². The molecule has 2 N–H and O–H groups in total. The summed E-state index contributed by atoms with van der Waals surface area (Å²) in [4.78, 5) is 14.6. The van der Waals surface area contributed by atoms with Gasteiger partial charge in [0.1, 0.15) is 0 Å². The number of carbonyl (C=O) groups is 1. The highest BCUT2D eigenvalue weighted by Gasteiger charge is 2.17. The Morgan fingerprint density at radius 1 is 1.29 bits per heavy atom. The maximum absolute atomic E-state index is 12.2. The Labute approximate surface area is 148 Å². The predicted octanol–water partition coefficient (Wildman–Crippen LogP) is 1.23. The van der Waals surface area contributed by atoms with Gasteiger partial charge in [0.2, 0.25) is 5.91 Å². The van der Waals surface area contributed by atoms with Gasteiger partial charge in [-0.05, 0) is 11.1 Å². The number of morpholine rings is 1. The molecule has 24 heavy (non-hydrogen) atoms. The summed E-state index contributed by atoms with van der Waals surface area (Å²) < 4.78 is 5.41. The van der Waals surface area contributed by atoms with Gasteiger partial charge in [-0.25, -0.2) is 0 Å². The zero-order chi connectivity index (χ0) is 16.6. The summed E-state index contributed by atoms with van der Waals surface area (Å²) in [6.07, 6.45) is 0.568. The van der Waals surface area contributed by atoms with Crippen molar-refractivity contribution >= 4 is 17.7 Å². The Kier molecular flexibility index (Phi) is 6.96. The van der Waals surface area contributed by atoms with Crippen LogP contribution in [-0.2, 0) is 22.6 Å². The van der Waals surface area contributed by atoms with Crippen LogP contribution in [0.3, 0.4) is 0 Å². The summed E-state index contributed by atoms with van der Waals surface area (Å²) in [5.41, 5.74) is 2.51. The first kappa shape index (κ1) is 17.7. The van der Waals surface area contributed by atoms with E-state index in [1.165, 1.54) is 11.1 Å². The average molecular weight is 350 g/mol. The maximum atomic E-state index is 12.2. The van der Waals surface area contributed by atoms with E-state index in [9.17, 15) is 4.79 Å². The zero-order valence-electron chi connectivity index (χ0n) is 14.1. The second kappa shape index (κ2) is 9.42. The van der Waals surface area contributed by atoms with Crippen LogP contribution >= 0.6 is 11.8 Å². The third kappa shape index (κ3) is 5.48. The maximum Gasteiger partial charge on any atom is 0.221 e. The highest BCUT2D eigenvalue weighted by molar-refractivity contribution is 7.99. The van der Waals surface area contributed by atoms with E-state index in [2.05, 4.69) is 33.7 Å². The van der Waals surface area contributed by atoms with Gasteiger partial charge in [0, 0.05) is 56.7 Å². The van der Waals surface area contributed by atoms with Crippen molar-refractivity contribution in [1.82, 2.24) is 15.5 Å². The van der Waals surface area contributed by atoms with Crippen LogP contribution in [0.25, 0.3) is 0 Å². The fourth-order valence-corrected chi connectivity index (χ4v) is 4.07. The number of hydrogen-bond donors (Lipinski definition) is 2. The molecule has 3 rings (SSSR count). The fraction of sp³-hybridized carbons (Fsp3) is 0.611. The molecule has 1 unspecified atom stereocenters. The number of nitrogens with zero attached hydrogens (tertiary/aromatic N) is 1. The third-order valence-corrected chi connectivity index (χ3v) is 5.65. The number of amides is 1. The van der Waals surface area contributed by atoms with Crippen molar-refractivity contribution in [1.29, 1.82) is 0 Å². The van der Waals surface area contributed by atoms with E-state index in [0.717, 1.165) is 50.9 Å². The van der Waals surface area contributed by atoms with Crippen LogP contribution < -0.4 is 10.6 Å². The molecule has 132 valence electrons. The first-order valence-electron chi connectivity index (χ1n) is 8.76. The molecule has 0 aliphatic carbocycles. The Morgan fingerprint density at radius 2 is 2.08 bits per heavy atom. The van der Waals surface area contributed by atoms with Crippen molar-refractivity contribution in [3.05, 3.63) is 35.4 Å². The molecule has 0 saturated carbocycles. The largest absolute Gasteiger partial charge is 0.379 e. The number of thioether (sulfide) groups is 1. The quantitative estimate of drug-likeness (QED) is 0.809. The molecule has 1 atom stereocenters. The molecule has 0 aromatic heterocycles. The lowest BCUT2D eigenvalue weighted by Crippen LogP contribution is -2.41. The SMILES string of the molecule is O=C(CC1CSCCN1)NCc1ccccc1CN1CCOCC1. The van der Waals surface area contributed by atoms with E-state index in [1.807, 2.05) is 17.8 Å². The van der Waals surface area contributed by atoms with Crippen LogP contribution in [0.15, 0.2) is 24.3 Å². The normalized spacial score (nSPS) is 22.2.